The van der Waals surface area contributed by atoms with Crippen LogP contribution >= 0.6 is 54.8 Å². The maximum atomic E-state index is 5.82. The minimum absolute atomic E-state index is 0.556. The van der Waals surface area contributed by atoms with Gasteiger partial charge in [0.25, 0.3) is 0 Å². The summed E-state index contributed by atoms with van der Waals surface area (Å²) >= 11 is 14.4. The van der Waals surface area contributed by atoms with Crippen molar-refractivity contribution in [3.8, 4) is 0 Å². The molecule has 1 aromatic carbocycles. The van der Waals surface area contributed by atoms with Crippen LogP contribution in [0.3, 0.4) is 0 Å². The zero-order chi connectivity index (χ0) is 13.4. The molecule has 2 heterocycles. The van der Waals surface area contributed by atoms with Crippen molar-refractivity contribution < 1.29 is 0 Å². The lowest BCUT2D eigenvalue weighted by atomic mass is 10.2. The van der Waals surface area contributed by atoms with Crippen molar-refractivity contribution >= 4 is 71.4 Å². The first-order chi connectivity index (χ1) is 9.15. The molecule has 4 nitrogen and oxygen atoms in total. The average molecular weight is 423 g/mol. The summed E-state index contributed by atoms with van der Waals surface area (Å²) in [5.41, 5.74) is 1.96. The normalized spacial score (nSPS) is 11.1. The van der Waals surface area contributed by atoms with Gasteiger partial charge in [-0.3, -0.25) is 5.10 Å². The molecule has 98 valence electrons. The summed E-state index contributed by atoms with van der Waals surface area (Å²) in [6, 6.07) is 1.99. The van der Waals surface area contributed by atoms with Gasteiger partial charge in [-0.05, 0) is 37.9 Å². The first kappa shape index (κ1) is 13.4. The van der Waals surface area contributed by atoms with E-state index in [4.69, 9.17) is 11.6 Å². The van der Waals surface area contributed by atoms with Crippen LogP contribution in [0, 0.1) is 0 Å². The highest BCUT2D eigenvalue weighted by Crippen LogP contribution is 2.36. The van der Waals surface area contributed by atoms with E-state index in [1.165, 1.54) is 11.3 Å². The van der Waals surface area contributed by atoms with Gasteiger partial charge in [-0.1, -0.05) is 11.6 Å². The summed E-state index contributed by atoms with van der Waals surface area (Å²) in [5.74, 6) is 0. The lowest BCUT2D eigenvalue weighted by Gasteiger charge is -2.09. The number of H-pyrrole nitrogens is 1. The van der Waals surface area contributed by atoms with Crippen molar-refractivity contribution in [3.05, 3.63) is 36.7 Å². The van der Waals surface area contributed by atoms with Crippen LogP contribution < -0.4 is 5.32 Å². The van der Waals surface area contributed by atoms with Crippen molar-refractivity contribution in [1.29, 1.82) is 0 Å². The summed E-state index contributed by atoms with van der Waals surface area (Å²) in [6.45, 7) is 0.672. The van der Waals surface area contributed by atoms with Crippen LogP contribution in [0.25, 0.3) is 10.9 Å². The fourth-order valence-corrected chi connectivity index (χ4v) is 4.10. The van der Waals surface area contributed by atoms with Crippen LogP contribution in [0.2, 0.25) is 4.47 Å². The van der Waals surface area contributed by atoms with Gasteiger partial charge in [0, 0.05) is 25.4 Å². The molecule has 0 fully saturated rings. The van der Waals surface area contributed by atoms with Crippen molar-refractivity contribution in [3.63, 3.8) is 0 Å². The molecule has 0 amide bonds. The topological polar surface area (TPSA) is 53.6 Å². The number of hydrogen-bond acceptors (Lipinski definition) is 4. The Labute approximate surface area is 134 Å². The number of fused-ring (bicyclic) bond motifs is 1. The molecule has 0 unspecified atom stereocenters. The molecule has 0 aliphatic heterocycles. The molecular formula is C11H7Br2ClN4S. The molecule has 0 radical (unpaired) electrons. The van der Waals surface area contributed by atoms with Crippen LogP contribution in [0.5, 0.6) is 0 Å². The number of nitrogens with one attached hydrogen (secondary N) is 2. The van der Waals surface area contributed by atoms with Crippen LogP contribution in [-0.2, 0) is 6.54 Å². The highest BCUT2D eigenvalue weighted by Gasteiger charge is 2.11. The van der Waals surface area contributed by atoms with Gasteiger partial charge >= 0.3 is 0 Å². The SMILES string of the molecule is Clc1ncc(CNc2c(Br)cc(Br)c3[nH]ncc23)s1. The minimum atomic E-state index is 0.556. The molecule has 0 saturated carbocycles. The van der Waals surface area contributed by atoms with Gasteiger partial charge < -0.3 is 5.32 Å². The number of thiazole rings is 1. The molecular weight excluding hydrogens is 415 g/mol. The van der Waals surface area contributed by atoms with Gasteiger partial charge in [-0.2, -0.15) is 5.10 Å². The lowest BCUT2D eigenvalue weighted by molar-refractivity contribution is 1.12. The van der Waals surface area contributed by atoms with E-state index in [0.717, 1.165) is 30.4 Å². The summed E-state index contributed by atoms with van der Waals surface area (Å²) in [4.78, 5) is 5.10. The first-order valence-electron chi connectivity index (χ1n) is 5.30. The third-order valence-corrected chi connectivity index (χ3v) is 4.97. The van der Waals surface area contributed by atoms with Crippen LogP contribution in [-0.4, -0.2) is 15.2 Å². The van der Waals surface area contributed by atoms with Crippen LogP contribution in [0.1, 0.15) is 4.88 Å². The Morgan fingerprint density at radius 2 is 2.16 bits per heavy atom. The largest absolute Gasteiger partial charge is 0.379 e. The second-order valence-electron chi connectivity index (χ2n) is 3.81. The molecule has 0 saturated heterocycles. The Kier molecular flexibility index (Phi) is 3.79. The number of rotatable bonds is 3. The molecule has 2 N–H and O–H groups in total. The van der Waals surface area contributed by atoms with E-state index in [2.05, 4.69) is 52.4 Å². The Morgan fingerprint density at radius 3 is 2.89 bits per heavy atom. The molecule has 2 aromatic heterocycles. The Hall–Kier alpha value is -0.630. The predicted octanol–water partition coefficient (Wildman–Crippen LogP) is 4.81. The highest BCUT2D eigenvalue weighted by atomic mass is 79.9. The fourth-order valence-electron chi connectivity index (χ4n) is 1.76. The molecule has 8 heteroatoms. The first-order valence-corrected chi connectivity index (χ1v) is 8.08. The molecule has 3 aromatic rings. The van der Waals surface area contributed by atoms with E-state index < -0.39 is 0 Å². The van der Waals surface area contributed by atoms with Crippen molar-refractivity contribution in [2.45, 2.75) is 6.54 Å². The smallest absolute Gasteiger partial charge is 0.183 e. The summed E-state index contributed by atoms with van der Waals surface area (Å²) in [6.07, 6.45) is 3.58. The molecule has 0 bridgehead atoms. The number of halogens is 3. The zero-order valence-electron chi connectivity index (χ0n) is 9.38. The maximum absolute atomic E-state index is 5.82. The molecule has 19 heavy (non-hydrogen) atoms. The van der Waals surface area contributed by atoms with E-state index in [1.807, 2.05) is 6.07 Å². The van der Waals surface area contributed by atoms with Crippen molar-refractivity contribution in [2.75, 3.05) is 5.32 Å². The molecule has 0 spiro atoms. The average Bonchev–Trinajstić information content (AvgIpc) is 2.98. The number of nitrogens with zero attached hydrogens (tertiary/aromatic N) is 2. The number of hydrogen-bond donors (Lipinski definition) is 2. The molecule has 3 rings (SSSR count). The van der Waals surface area contributed by atoms with Crippen LogP contribution in [0.15, 0.2) is 27.4 Å². The monoisotopic (exact) mass is 420 g/mol. The van der Waals surface area contributed by atoms with Gasteiger partial charge in [0.2, 0.25) is 0 Å². The summed E-state index contributed by atoms with van der Waals surface area (Å²) in [5, 5.41) is 11.5. The van der Waals surface area contributed by atoms with Crippen molar-refractivity contribution in [1.82, 2.24) is 15.2 Å². The number of anilines is 1. The summed E-state index contributed by atoms with van der Waals surface area (Å²) in [7, 11) is 0. The van der Waals surface area contributed by atoms with Gasteiger partial charge in [0.1, 0.15) is 0 Å². The van der Waals surface area contributed by atoms with Gasteiger partial charge in [-0.25, -0.2) is 4.98 Å². The van der Waals surface area contributed by atoms with Gasteiger partial charge in [-0.15, -0.1) is 11.3 Å². The van der Waals surface area contributed by atoms with E-state index in [1.54, 1.807) is 12.4 Å². The minimum Gasteiger partial charge on any atom is -0.379 e. The lowest BCUT2D eigenvalue weighted by Crippen LogP contribution is -1.99. The van der Waals surface area contributed by atoms with E-state index in [-0.39, 0.29) is 0 Å². The maximum Gasteiger partial charge on any atom is 0.183 e. The van der Waals surface area contributed by atoms with Gasteiger partial charge in [0.05, 0.1) is 23.9 Å². The number of benzene rings is 1. The summed E-state index contributed by atoms with van der Waals surface area (Å²) < 4.78 is 2.50. The third kappa shape index (κ3) is 2.65. The van der Waals surface area contributed by atoms with E-state index in [0.29, 0.717) is 11.0 Å². The second-order valence-corrected chi connectivity index (χ2v) is 7.21. The van der Waals surface area contributed by atoms with Crippen LogP contribution in [0.4, 0.5) is 5.69 Å². The Bertz CT molecular complexity index is 739. The van der Waals surface area contributed by atoms with E-state index >= 15 is 0 Å². The quantitative estimate of drug-likeness (QED) is 0.637. The molecule has 0 atom stereocenters. The standard InChI is InChI=1S/C11H7Br2ClN4S/c12-7-1-8(13)10-6(4-17-18-10)9(7)15-2-5-3-16-11(14)19-5/h1,3-4,15H,2H2,(H,17,18). The number of aromatic amines is 1. The van der Waals surface area contributed by atoms with E-state index in [9.17, 15) is 0 Å². The third-order valence-electron chi connectivity index (χ3n) is 2.60. The second kappa shape index (κ2) is 5.40. The van der Waals surface area contributed by atoms with Gasteiger partial charge in [0.15, 0.2) is 4.47 Å². The molecule has 0 aliphatic rings. The highest BCUT2D eigenvalue weighted by molar-refractivity contribution is 9.11. The number of aromatic nitrogens is 3. The predicted molar refractivity (Wildman–Crippen MR) is 85.9 cm³/mol. The Balaban J connectivity index is 1.94. The fraction of sp³-hybridized carbons (Fsp3) is 0.0909. The Morgan fingerprint density at radius 1 is 1.32 bits per heavy atom. The zero-order valence-corrected chi connectivity index (χ0v) is 14.1. The molecule has 0 aliphatic carbocycles. The van der Waals surface area contributed by atoms with Crippen molar-refractivity contribution in [2.24, 2.45) is 0 Å².